The summed E-state index contributed by atoms with van der Waals surface area (Å²) in [6, 6.07) is 1.10. The van der Waals surface area contributed by atoms with Crippen molar-refractivity contribution in [1.82, 2.24) is 29.6 Å². The van der Waals surface area contributed by atoms with Gasteiger partial charge in [-0.15, -0.1) is 11.3 Å². The van der Waals surface area contributed by atoms with Crippen molar-refractivity contribution in [2.45, 2.75) is 37.8 Å². The largest absolute Gasteiger partial charge is 0.379 e. The van der Waals surface area contributed by atoms with Crippen LogP contribution in [0, 0.1) is 0 Å². The van der Waals surface area contributed by atoms with Gasteiger partial charge in [0.25, 0.3) is 0 Å². The van der Waals surface area contributed by atoms with Crippen LogP contribution in [0.4, 0.5) is 17.5 Å². The van der Waals surface area contributed by atoms with Gasteiger partial charge in [-0.3, -0.25) is 9.58 Å². The minimum Gasteiger partial charge on any atom is -0.379 e. The summed E-state index contributed by atoms with van der Waals surface area (Å²) in [6.07, 6.45) is 8.38. The fourth-order valence-corrected chi connectivity index (χ4v) is 4.91. The number of nitrogens with zero attached hydrogens (tertiary/aromatic N) is 6. The fourth-order valence-electron chi connectivity index (χ4n) is 4.25. The van der Waals surface area contributed by atoms with Gasteiger partial charge in [-0.25, -0.2) is 4.98 Å². The molecule has 0 aromatic carbocycles. The van der Waals surface area contributed by atoms with Crippen molar-refractivity contribution in [3.8, 4) is 0 Å². The molecule has 10 heteroatoms. The molecule has 154 valence electrons. The highest BCUT2D eigenvalue weighted by molar-refractivity contribution is 7.16. The Labute approximate surface area is 173 Å². The maximum absolute atomic E-state index is 5.49. The first-order valence-corrected chi connectivity index (χ1v) is 11.1. The Balaban J connectivity index is 1.28. The summed E-state index contributed by atoms with van der Waals surface area (Å²) < 4.78 is 7.24. The van der Waals surface area contributed by atoms with Crippen molar-refractivity contribution in [3.05, 3.63) is 17.9 Å². The van der Waals surface area contributed by atoms with Crippen LogP contribution in [0.3, 0.4) is 0 Å². The van der Waals surface area contributed by atoms with Crippen molar-refractivity contribution in [1.29, 1.82) is 0 Å². The van der Waals surface area contributed by atoms with Crippen molar-refractivity contribution in [2.24, 2.45) is 7.05 Å². The highest BCUT2D eigenvalue weighted by atomic mass is 32.1. The summed E-state index contributed by atoms with van der Waals surface area (Å²) in [5.41, 5.74) is 3.55. The summed E-state index contributed by atoms with van der Waals surface area (Å²) in [4.78, 5) is 17.3. The van der Waals surface area contributed by atoms with E-state index < -0.39 is 0 Å². The van der Waals surface area contributed by atoms with Gasteiger partial charge in [0, 0.05) is 38.4 Å². The van der Waals surface area contributed by atoms with Crippen molar-refractivity contribution < 1.29 is 4.74 Å². The molecule has 3 aromatic heterocycles. The van der Waals surface area contributed by atoms with Gasteiger partial charge in [0.1, 0.15) is 5.52 Å². The van der Waals surface area contributed by atoms with Gasteiger partial charge in [-0.05, 0) is 25.7 Å². The molecule has 1 aliphatic carbocycles. The van der Waals surface area contributed by atoms with Crippen LogP contribution in [-0.4, -0.2) is 68.0 Å². The molecule has 0 radical (unpaired) electrons. The number of anilines is 3. The molecule has 0 unspecified atom stereocenters. The number of rotatable bonds is 5. The molecule has 4 heterocycles. The Bertz CT molecular complexity index is 958. The average molecular weight is 415 g/mol. The summed E-state index contributed by atoms with van der Waals surface area (Å²) in [6.45, 7) is 3.87. The summed E-state index contributed by atoms with van der Waals surface area (Å²) in [7, 11) is 1.89. The first-order chi connectivity index (χ1) is 14.2. The first-order valence-electron chi connectivity index (χ1n) is 10.2. The lowest BCUT2D eigenvalue weighted by Gasteiger charge is -2.39. The number of morpholine rings is 1. The van der Waals surface area contributed by atoms with Crippen molar-refractivity contribution in [2.75, 3.05) is 36.9 Å². The van der Waals surface area contributed by atoms with E-state index in [9.17, 15) is 0 Å². The van der Waals surface area contributed by atoms with Gasteiger partial charge < -0.3 is 15.4 Å². The average Bonchev–Trinajstić information content (AvgIpc) is 3.38. The zero-order valence-electron chi connectivity index (χ0n) is 16.5. The number of hydrogen-bond donors (Lipinski definition) is 2. The molecule has 9 nitrogen and oxygen atoms in total. The van der Waals surface area contributed by atoms with Gasteiger partial charge in [0.2, 0.25) is 5.95 Å². The Hall–Kier alpha value is -2.30. The molecule has 29 heavy (non-hydrogen) atoms. The van der Waals surface area contributed by atoms with Crippen LogP contribution in [-0.2, 0) is 11.8 Å². The molecule has 0 amide bonds. The third kappa shape index (κ3) is 4.19. The molecule has 0 atom stereocenters. The minimum absolute atomic E-state index is 0.415. The van der Waals surface area contributed by atoms with Crippen LogP contribution in [0.1, 0.15) is 25.7 Å². The van der Waals surface area contributed by atoms with Gasteiger partial charge in [-0.1, -0.05) is 0 Å². The standard InChI is InChI=1S/C19H26N8OS/c1-26-11-14(10-21-26)23-19-24-17(16-18(25-19)29-12-20-16)22-13-2-4-15(5-3-13)27-6-8-28-9-7-27/h10-13,15H,2-9H2,1H3,(H2,22,23,24,25)/t13-,15-. The highest BCUT2D eigenvalue weighted by Gasteiger charge is 2.27. The smallest absolute Gasteiger partial charge is 0.230 e. The van der Waals surface area contributed by atoms with Crippen LogP contribution in [0.15, 0.2) is 17.9 Å². The number of aryl methyl sites for hydroxylation is 1. The predicted octanol–water partition coefficient (Wildman–Crippen LogP) is 2.62. The van der Waals surface area contributed by atoms with Crippen molar-refractivity contribution in [3.63, 3.8) is 0 Å². The lowest BCUT2D eigenvalue weighted by Crippen LogP contribution is -2.46. The molecular formula is C19H26N8OS. The molecule has 1 saturated heterocycles. The second-order valence-corrected chi connectivity index (χ2v) is 8.56. The number of aromatic nitrogens is 5. The Morgan fingerprint density at radius 2 is 1.97 bits per heavy atom. The molecule has 1 aliphatic heterocycles. The third-order valence-electron chi connectivity index (χ3n) is 5.76. The Morgan fingerprint density at radius 3 is 2.72 bits per heavy atom. The molecule has 0 bridgehead atoms. The molecule has 2 N–H and O–H groups in total. The Morgan fingerprint density at radius 1 is 1.14 bits per heavy atom. The van der Waals surface area contributed by atoms with Gasteiger partial charge >= 0.3 is 0 Å². The number of nitrogens with one attached hydrogen (secondary N) is 2. The van der Waals surface area contributed by atoms with E-state index in [4.69, 9.17) is 9.72 Å². The lowest BCUT2D eigenvalue weighted by molar-refractivity contribution is 0.00791. The number of thiazole rings is 1. The topological polar surface area (TPSA) is 93.0 Å². The molecule has 3 aromatic rings. The quantitative estimate of drug-likeness (QED) is 0.658. The molecule has 2 fully saturated rings. The SMILES string of the molecule is Cn1cc(Nc2nc(N[C@H]3CC[C@H](N4CCOCC4)CC3)c3ncsc3n2)cn1. The van der Waals surface area contributed by atoms with Gasteiger partial charge in [0.15, 0.2) is 10.6 Å². The first kappa shape index (κ1) is 18.7. The predicted molar refractivity (Wildman–Crippen MR) is 114 cm³/mol. The number of hydrogen-bond acceptors (Lipinski definition) is 9. The maximum atomic E-state index is 5.49. The summed E-state index contributed by atoms with van der Waals surface area (Å²) >= 11 is 1.53. The van der Waals surface area contributed by atoms with E-state index in [0.717, 1.165) is 61.0 Å². The van der Waals surface area contributed by atoms with E-state index >= 15 is 0 Å². The van der Waals surface area contributed by atoms with Gasteiger partial charge in [0.05, 0.1) is 30.6 Å². The van der Waals surface area contributed by atoms with E-state index in [0.29, 0.717) is 18.0 Å². The molecule has 2 aliphatic rings. The van der Waals surface area contributed by atoms with Crippen LogP contribution < -0.4 is 10.6 Å². The second kappa shape index (κ2) is 8.21. The zero-order valence-corrected chi connectivity index (χ0v) is 17.4. The van der Waals surface area contributed by atoms with E-state index in [2.05, 4.69) is 30.6 Å². The van der Waals surface area contributed by atoms with Gasteiger partial charge in [-0.2, -0.15) is 15.1 Å². The maximum Gasteiger partial charge on any atom is 0.230 e. The highest BCUT2D eigenvalue weighted by Crippen LogP contribution is 2.30. The summed E-state index contributed by atoms with van der Waals surface area (Å²) in [5.74, 6) is 1.39. The third-order valence-corrected chi connectivity index (χ3v) is 6.48. The molecule has 5 rings (SSSR count). The minimum atomic E-state index is 0.415. The molecule has 0 spiro atoms. The number of fused-ring (bicyclic) bond motifs is 1. The van der Waals surface area contributed by atoms with E-state index in [-0.39, 0.29) is 0 Å². The zero-order chi connectivity index (χ0) is 19.6. The van der Waals surface area contributed by atoms with Crippen LogP contribution in [0.2, 0.25) is 0 Å². The van der Waals surface area contributed by atoms with E-state index in [1.807, 2.05) is 18.8 Å². The van der Waals surface area contributed by atoms with Crippen LogP contribution >= 0.6 is 11.3 Å². The second-order valence-electron chi connectivity index (χ2n) is 7.73. The van der Waals surface area contributed by atoms with E-state index in [1.54, 1.807) is 10.9 Å². The van der Waals surface area contributed by atoms with Crippen LogP contribution in [0.5, 0.6) is 0 Å². The normalized spacial score (nSPS) is 23.3. The molecule has 1 saturated carbocycles. The Kier molecular flexibility index (Phi) is 5.30. The molecular weight excluding hydrogens is 388 g/mol. The number of ether oxygens (including phenoxy) is 1. The van der Waals surface area contributed by atoms with E-state index in [1.165, 1.54) is 24.2 Å². The fraction of sp³-hybridized carbons (Fsp3) is 0.579. The van der Waals surface area contributed by atoms with Crippen molar-refractivity contribution >= 4 is 39.1 Å². The van der Waals surface area contributed by atoms with Crippen LogP contribution in [0.25, 0.3) is 10.3 Å². The summed E-state index contributed by atoms with van der Waals surface area (Å²) in [5, 5.41) is 11.1. The lowest BCUT2D eigenvalue weighted by atomic mass is 9.90. The monoisotopic (exact) mass is 414 g/mol.